The van der Waals surface area contributed by atoms with Crippen LogP contribution in [0.5, 0.6) is 0 Å². The Hall–Kier alpha value is -1.88. The molecule has 2 aromatic rings. The smallest absolute Gasteiger partial charge is 0.254 e. The summed E-state index contributed by atoms with van der Waals surface area (Å²) in [6.45, 7) is 0.666. The van der Waals surface area contributed by atoms with E-state index in [4.69, 9.17) is 4.74 Å². The van der Waals surface area contributed by atoms with Gasteiger partial charge in [-0.25, -0.2) is 0 Å². The fraction of sp³-hybridized carbons (Fsp3) is 0.385. The first kappa shape index (κ1) is 11.2. The van der Waals surface area contributed by atoms with Crippen molar-refractivity contribution < 1.29 is 9.53 Å². The molecule has 5 nitrogen and oxygen atoms in total. The first-order chi connectivity index (χ1) is 8.84. The van der Waals surface area contributed by atoms with Crippen molar-refractivity contribution in [3.8, 4) is 0 Å². The highest BCUT2D eigenvalue weighted by Gasteiger charge is 2.23. The van der Waals surface area contributed by atoms with Gasteiger partial charge < -0.3 is 10.1 Å². The molecule has 1 fully saturated rings. The van der Waals surface area contributed by atoms with Crippen LogP contribution < -0.4 is 5.32 Å². The Morgan fingerprint density at radius 2 is 2.28 bits per heavy atom. The predicted octanol–water partition coefficient (Wildman–Crippen LogP) is 2.07. The van der Waals surface area contributed by atoms with Crippen LogP contribution in [0, 0.1) is 0 Å². The fourth-order valence-electron chi connectivity index (χ4n) is 2.20. The van der Waals surface area contributed by atoms with Gasteiger partial charge in [-0.2, -0.15) is 5.10 Å². The van der Waals surface area contributed by atoms with Gasteiger partial charge in [0.15, 0.2) is 5.82 Å². The first-order valence-electron chi connectivity index (χ1n) is 6.20. The Balaban J connectivity index is 1.77. The molecule has 1 saturated heterocycles. The molecule has 3 rings (SSSR count). The Morgan fingerprint density at radius 1 is 1.39 bits per heavy atom. The maximum atomic E-state index is 12.0. The average Bonchev–Trinajstić information content (AvgIpc) is 2.83. The van der Waals surface area contributed by atoms with E-state index in [-0.39, 0.29) is 12.0 Å². The fourth-order valence-corrected chi connectivity index (χ4v) is 2.20. The second-order valence-electron chi connectivity index (χ2n) is 4.46. The van der Waals surface area contributed by atoms with Gasteiger partial charge in [-0.1, -0.05) is 12.1 Å². The molecule has 1 amide bonds. The van der Waals surface area contributed by atoms with Gasteiger partial charge in [0.1, 0.15) is 6.10 Å². The van der Waals surface area contributed by atoms with Gasteiger partial charge in [0.05, 0.1) is 5.52 Å². The van der Waals surface area contributed by atoms with Crippen LogP contribution in [0.2, 0.25) is 0 Å². The quantitative estimate of drug-likeness (QED) is 0.851. The van der Waals surface area contributed by atoms with Crippen LogP contribution in [0.4, 0.5) is 5.82 Å². The molecule has 0 bridgehead atoms. The summed E-state index contributed by atoms with van der Waals surface area (Å²) in [6.07, 6.45) is 2.53. The second-order valence-corrected chi connectivity index (χ2v) is 4.46. The number of ether oxygens (including phenoxy) is 1. The lowest BCUT2D eigenvalue weighted by Crippen LogP contribution is -2.33. The molecule has 0 spiro atoms. The van der Waals surface area contributed by atoms with Crippen molar-refractivity contribution in [2.45, 2.75) is 25.4 Å². The number of benzene rings is 1. The molecule has 1 atom stereocenters. The number of aromatic nitrogens is 2. The van der Waals surface area contributed by atoms with Crippen LogP contribution in [0.3, 0.4) is 0 Å². The molecule has 18 heavy (non-hydrogen) atoms. The van der Waals surface area contributed by atoms with E-state index >= 15 is 0 Å². The number of fused-ring (bicyclic) bond motifs is 1. The van der Waals surface area contributed by atoms with E-state index in [0.29, 0.717) is 12.4 Å². The summed E-state index contributed by atoms with van der Waals surface area (Å²) in [5.41, 5.74) is 0.914. The van der Waals surface area contributed by atoms with E-state index in [1.165, 1.54) is 0 Å². The Bertz CT molecular complexity index is 558. The minimum atomic E-state index is -0.339. The minimum Gasteiger partial charge on any atom is -0.368 e. The molecule has 94 valence electrons. The van der Waals surface area contributed by atoms with Crippen LogP contribution in [0.15, 0.2) is 24.3 Å². The van der Waals surface area contributed by atoms with Crippen molar-refractivity contribution in [1.82, 2.24) is 10.2 Å². The van der Waals surface area contributed by atoms with E-state index in [1.54, 1.807) is 0 Å². The van der Waals surface area contributed by atoms with Gasteiger partial charge in [0.2, 0.25) is 0 Å². The molecule has 1 aliphatic rings. The third-order valence-electron chi connectivity index (χ3n) is 3.18. The summed E-state index contributed by atoms with van der Waals surface area (Å²) in [5, 5.41) is 10.8. The third-order valence-corrected chi connectivity index (χ3v) is 3.18. The van der Waals surface area contributed by atoms with Gasteiger partial charge in [0, 0.05) is 12.0 Å². The number of carbonyl (C=O) groups excluding carboxylic acids is 1. The molecule has 0 aliphatic carbocycles. The van der Waals surface area contributed by atoms with Gasteiger partial charge in [0.25, 0.3) is 5.91 Å². The number of aromatic amines is 1. The van der Waals surface area contributed by atoms with Crippen LogP contribution in [-0.2, 0) is 9.53 Å². The van der Waals surface area contributed by atoms with Crippen molar-refractivity contribution in [2.24, 2.45) is 0 Å². The molecule has 2 N–H and O–H groups in total. The average molecular weight is 245 g/mol. The molecule has 1 unspecified atom stereocenters. The molecule has 0 saturated carbocycles. The summed E-state index contributed by atoms with van der Waals surface area (Å²) >= 11 is 0. The second kappa shape index (κ2) is 4.78. The van der Waals surface area contributed by atoms with Crippen LogP contribution in [-0.4, -0.2) is 28.8 Å². The zero-order chi connectivity index (χ0) is 12.4. The van der Waals surface area contributed by atoms with E-state index in [1.807, 2.05) is 24.3 Å². The van der Waals surface area contributed by atoms with Crippen molar-refractivity contribution >= 4 is 22.6 Å². The van der Waals surface area contributed by atoms with Gasteiger partial charge in [-0.05, 0) is 31.4 Å². The lowest BCUT2D eigenvalue weighted by molar-refractivity contribution is -0.129. The summed E-state index contributed by atoms with van der Waals surface area (Å²) < 4.78 is 5.45. The van der Waals surface area contributed by atoms with Crippen LogP contribution >= 0.6 is 0 Å². The van der Waals surface area contributed by atoms with Crippen molar-refractivity contribution in [2.75, 3.05) is 11.9 Å². The maximum Gasteiger partial charge on any atom is 0.254 e. The number of nitrogens with one attached hydrogen (secondary N) is 2. The van der Waals surface area contributed by atoms with Crippen molar-refractivity contribution in [1.29, 1.82) is 0 Å². The standard InChI is InChI=1S/C13H15N3O2/c17-13(11-7-3-4-8-18-11)14-12-9-5-1-2-6-10(9)15-16-12/h1-2,5-6,11H,3-4,7-8H2,(H2,14,15,16,17). The zero-order valence-corrected chi connectivity index (χ0v) is 9.98. The number of nitrogens with zero attached hydrogens (tertiary/aromatic N) is 1. The summed E-state index contributed by atoms with van der Waals surface area (Å²) in [4.78, 5) is 12.0. The van der Waals surface area contributed by atoms with Crippen molar-refractivity contribution in [3.05, 3.63) is 24.3 Å². The molecule has 1 aromatic carbocycles. The summed E-state index contributed by atoms with van der Waals surface area (Å²) in [5.74, 6) is 0.469. The van der Waals surface area contributed by atoms with Crippen LogP contribution in [0.25, 0.3) is 10.9 Å². The number of hydrogen-bond donors (Lipinski definition) is 2. The van der Waals surface area contributed by atoms with E-state index in [9.17, 15) is 4.79 Å². The molecule has 1 aromatic heterocycles. The number of amides is 1. The highest BCUT2D eigenvalue weighted by atomic mass is 16.5. The first-order valence-corrected chi connectivity index (χ1v) is 6.20. The van der Waals surface area contributed by atoms with E-state index < -0.39 is 0 Å². The van der Waals surface area contributed by atoms with E-state index in [0.717, 1.165) is 30.2 Å². The normalized spacial score (nSPS) is 19.9. The number of hydrogen-bond acceptors (Lipinski definition) is 3. The number of para-hydroxylation sites is 1. The van der Waals surface area contributed by atoms with Gasteiger partial charge >= 0.3 is 0 Å². The zero-order valence-electron chi connectivity index (χ0n) is 9.98. The summed E-state index contributed by atoms with van der Waals surface area (Å²) in [7, 11) is 0. The molecular weight excluding hydrogens is 230 g/mol. The lowest BCUT2D eigenvalue weighted by atomic mass is 10.1. The lowest BCUT2D eigenvalue weighted by Gasteiger charge is -2.21. The summed E-state index contributed by atoms with van der Waals surface area (Å²) in [6, 6.07) is 7.70. The van der Waals surface area contributed by atoms with Gasteiger partial charge in [-0.3, -0.25) is 9.89 Å². The maximum absolute atomic E-state index is 12.0. The molecule has 5 heteroatoms. The Labute approximate surface area is 105 Å². The molecule has 1 aliphatic heterocycles. The predicted molar refractivity (Wildman–Crippen MR) is 68.3 cm³/mol. The number of H-pyrrole nitrogens is 1. The third kappa shape index (κ3) is 2.09. The molecule has 2 heterocycles. The topological polar surface area (TPSA) is 67.0 Å². The molecular formula is C13H15N3O2. The molecule has 0 radical (unpaired) electrons. The number of rotatable bonds is 2. The van der Waals surface area contributed by atoms with Crippen molar-refractivity contribution in [3.63, 3.8) is 0 Å². The monoisotopic (exact) mass is 245 g/mol. The minimum absolute atomic E-state index is 0.105. The highest BCUT2D eigenvalue weighted by molar-refractivity contribution is 6.01. The number of carbonyl (C=O) groups is 1. The largest absolute Gasteiger partial charge is 0.368 e. The highest BCUT2D eigenvalue weighted by Crippen LogP contribution is 2.21. The van der Waals surface area contributed by atoms with Crippen LogP contribution in [0.1, 0.15) is 19.3 Å². The van der Waals surface area contributed by atoms with E-state index in [2.05, 4.69) is 15.5 Å². The SMILES string of the molecule is O=C(Nc1n[nH]c2ccccc12)C1CCCCO1. The Kier molecular flexibility index (Phi) is 2.98. The van der Waals surface area contributed by atoms with Gasteiger partial charge in [-0.15, -0.1) is 0 Å². The Morgan fingerprint density at radius 3 is 3.11 bits per heavy atom. The number of anilines is 1.